The summed E-state index contributed by atoms with van der Waals surface area (Å²) in [5, 5.41) is 0. The lowest BCUT2D eigenvalue weighted by Crippen LogP contribution is -2.15. The van der Waals surface area contributed by atoms with E-state index in [2.05, 4.69) is 13.8 Å². The molecule has 296 valence electrons. The first-order chi connectivity index (χ1) is 24.3. The van der Waals surface area contributed by atoms with Crippen LogP contribution in [0.5, 0.6) is 0 Å². The molecule has 0 saturated heterocycles. The molecule has 0 saturated carbocycles. The summed E-state index contributed by atoms with van der Waals surface area (Å²) in [6.45, 7) is 9.83. The maximum Gasteiger partial charge on any atom is 0.0701 e. The maximum atomic E-state index is 6.12. The van der Waals surface area contributed by atoms with Crippen molar-refractivity contribution in [3.05, 3.63) is 0 Å². The summed E-state index contributed by atoms with van der Waals surface area (Å²) < 4.78 is 22.7. The van der Waals surface area contributed by atoms with Gasteiger partial charge in [0.1, 0.15) is 0 Å². The second-order valence-corrected chi connectivity index (χ2v) is 15.3. The molecule has 1 atom stereocenters. The molecule has 0 spiro atoms. The van der Waals surface area contributed by atoms with Gasteiger partial charge in [0.15, 0.2) is 0 Å². The summed E-state index contributed by atoms with van der Waals surface area (Å²) in [5.41, 5.74) is 0. The van der Waals surface area contributed by atoms with Crippen molar-refractivity contribution in [1.82, 2.24) is 0 Å². The van der Waals surface area contributed by atoms with Crippen LogP contribution in [0, 0.1) is 5.92 Å². The Labute approximate surface area is 313 Å². The van der Waals surface area contributed by atoms with Gasteiger partial charge in [-0.25, -0.2) is 0 Å². The maximum absolute atomic E-state index is 6.12. The van der Waals surface area contributed by atoms with Crippen LogP contribution in [0.25, 0.3) is 0 Å². The molecule has 0 bridgehead atoms. The molecule has 0 aliphatic rings. The third-order valence-corrected chi connectivity index (χ3v) is 10.3. The van der Waals surface area contributed by atoms with Crippen LogP contribution < -0.4 is 0 Å². The van der Waals surface area contributed by atoms with Crippen molar-refractivity contribution < 1.29 is 18.9 Å². The lowest BCUT2D eigenvalue weighted by atomic mass is 9.94. The lowest BCUT2D eigenvalue weighted by molar-refractivity contribution is -0.00568. The Balaban J connectivity index is 3.91. The SMILES string of the molecule is CCCCCCCCCCCCCCCCCCC(CCCCCCCCCCCCCCCC)COCCOCCOCCOCCCl. The molecule has 0 fully saturated rings. The molecular formula is C44H89ClO4. The van der Waals surface area contributed by atoms with Crippen LogP contribution in [0.4, 0.5) is 0 Å². The van der Waals surface area contributed by atoms with Crippen molar-refractivity contribution in [3.63, 3.8) is 0 Å². The van der Waals surface area contributed by atoms with E-state index < -0.39 is 0 Å². The molecule has 0 aliphatic carbocycles. The van der Waals surface area contributed by atoms with Gasteiger partial charge < -0.3 is 18.9 Å². The summed E-state index contributed by atoms with van der Waals surface area (Å²) in [5.74, 6) is 1.24. The highest BCUT2D eigenvalue weighted by Gasteiger charge is 2.09. The minimum Gasteiger partial charge on any atom is -0.379 e. The van der Waals surface area contributed by atoms with Crippen molar-refractivity contribution in [2.24, 2.45) is 5.92 Å². The smallest absolute Gasteiger partial charge is 0.0701 e. The van der Waals surface area contributed by atoms with Crippen LogP contribution >= 0.6 is 11.6 Å². The van der Waals surface area contributed by atoms with Gasteiger partial charge in [0.2, 0.25) is 0 Å². The molecule has 1 unspecified atom stereocenters. The predicted octanol–water partition coefficient (Wildman–Crippen LogP) is 14.4. The van der Waals surface area contributed by atoms with Crippen molar-refractivity contribution in [2.45, 2.75) is 219 Å². The Kier molecular flexibility index (Phi) is 46.3. The van der Waals surface area contributed by atoms with E-state index in [-0.39, 0.29) is 0 Å². The highest BCUT2D eigenvalue weighted by molar-refractivity contribution is 6.17. The summed E-state index contributed by atoms with van der Waals surface area (Å²) in [6, 6.07) is 0. The lowest BCUT2D eigenvalue weighted by Gasteiger charge is -2.17. The number of hydrogen-bond acceptors (Lipinski definition) is 4. The van der Waals surface area contributed by atoms with Gasteiger partial charge in [-0.15, -0.1) is 11.6 Å². The average molecular weight is 718 g/mol. The second kappa shape index (κ2) is 46.2. The number of halogens is 1. The third kappa shape index (κ3) is 44.2. The van der Waals surface area contributed by atoms with Gasteiger partial charge in [-0.05, 0) is 18.8 Å². The van der Waals surface area contributed by atoms with E-state index in [0.717, 1.165) is 6.61 Å². The highest BCUT2D eigenvalue weighted by Crippen LogP contribution is 2.21. The van der Waals surface area contributed by atoms with Crippen LogP contribution in [-0.4, -0.2) is 58.7 Å². The molecule has 0 aromatic rings. The minimum absolute atomic E-state index is 0.531. The van der Waals surface area contributed by atoms with Crippen molar-refractivity contribution in [1.29, 1.82) is 0 Å². The van der Waals surface area contributed by atoms with E-state index in [9.17, 15) is 0 Å². The summed E-state index contributed by atoms with van der Waals surface area (Å²) in [7, 11) is 0. The van der Waals surface area contributed by atoms with Gasteiger partial charge in [-0.3, -0.25) is 0 Å². The Morgan fingerprint density at radius 2 is 0.551 bits per heavy atom. The normalized spacial score (nSPS) is 12.3. The third-order valence-electron chi connectivity index (χ3n) is 10.1. The van der Waals surface area contributed by atoms with Crippen LogP contribution in [0.2, 0.25) is 0 Å². The predicted molar refractivity (Wildman–Crippen MR) is 217 cm³/mol. The van der Waals surface area contributed by atoms with E-state index in [1.54, 1.807) is 0 Å². The summed E-state index contributed by atoms with van der Waals surface area (Å²) in [4.78, 5) is 0. The number of rotatable bonds is 45. The fourth-order valence-electron chi connectivity index (χ4n) is 6.88. The van der Waals surface area contributed by atoms with Gasteiger partial charge in [0.05, 0.1) is 46.2 Å². The van der Waals surface area contributed by atoms with Crippen LogP contribution in [-0.2, 0) is 18.9 Å². The first kappa shape index (κ1) is 49.1. The van der Waals surface area contributed by atoms with E-state index in [4.69, 9.17) is 30.5 Å². The van der Waals surface area contributed by atoms with Gasteiger partial charge in [0, 0.05) is 12.5 Å². The van der Waals surface area contributed by atoms with E-state index in [0.29, 0.717) is 58.0 Å². The van der Waals surface area contributed by atoms with Crippen molar-refractivity contribution in [2.75, 3.05) is 58.7 Å². The van der Waals surface area contributed by atoms with E-state index >= 15 is 0 Å². The fourth-order valence-corrected chi connectivity index (χ4v) is 6.99. The molecule has 0 radical (unpaired) electrons. The van der Waals surface area contributed by atoms with Gasteiger partial charge in [-0.1, -0.05) is 206 Å². The van der Waals surface area contributed by atoms with Crippen LogP contribution in [0.1, 0.15) is 219 Å². The van der Waals surface area contributed by atoms with Crippen LogP contribution in [0.15, 0.2) is 0 Å². The molecule has 0 aromatic carbocycles. The Morgan fingerprint density at radius 1 is 0.306 bits per heavy atom. The number of alkyl halides is 1. The standard InChI is InChI=1S/C44H89ClO4/c1-3-5-7-9-11-13-15-17-19-20-22-24-26-28-30-32-34-44(43-49-42-41-48-40-39-47-38-37-46-36-35-45)33-31-29-27-25-23-21-18-16-14-12-10-8-6-4-2/h44H,3-43H2,1-2H3. The molecule has 0 N–H and O–H groups in total. The molecule has 0 rings (SSSR count). The summed E-state index contributed by atoms with van der Waals surface area (Å²) >= 11 is 5.60. The fraction of sp³-hybridized carbons (Fsp3) is 1.00. The molecule has 0 heterocycles. The minimum atomic E-state index is 0.531. The summed E-state index contributed by atoms with van der Waals surface area (Å²) in [6.07, 6.45) is 45.6. The number of unbranched alkanes of at least 4 members (excludes halogenated alkanes) is 28. The monoisotopic (exact) mass is 717 g/mol. The molecule has 4 nitrogen and oxygen atoms in total. The molecule has 5 heteroatoms. The van der Waals surface area contributed by atoms with E-state index in [1.165, 1.54) is 205 Å². The van der Waals surface area contributed by atoms with Gasteiger partial charge in [0.25, 0.3) is 0 Å². The number of ether oxygens (including phenoxy) is 4. The zero-order valence-corrected chi connectivity index (χ0v) is 34.3. The Hall–Kier alpha value is 0.130. The topological polar surface area (TPSA) is 36.9 Å². The number of hydrogen-bond donors (Lipinski definition) is 0. The molecule has 0 amide bonds. The van der Waals surface area contributed by atoms with Crippen molar-refractivity contribution in [3.8, 4) is 0 Å². The first-order valence-electron chi connectivity index (χ1n) is 22.2. The second-order valence-electron chi connectivity index (χ2n) is 14.9. The molecule has 0 aromatic heterocycles. The van der Waals surface area contributed by atoms with E-state index in [1.807, 2.05) is 0 Å². The average Bonchev–Trinajstić information content (AvgIpc) is 3.11. The zero-order valence-electron chi connectivity index (χ0n) is 33.6. The molecular weight excluding hydrogens is 628 g/mol. The molecule has 49 heavy (non-hydrogen) atoms. The largest absolute Gasteiger partial charge is 0.379 e. The first-order valence-corrected chi connectivity index (χ1v) is 22.8. The quantitative estimate of drug-likeness (QED) is 0.0464. The Morgan fingerprint density at radius 3 is 0.837 bits per heavy atom. The van der Waals surface area contributed by atoms with Gasteiger partial charge in [-0.2, -0.15) is 0 Å². The van der Waals surface area contributed by atoms with Crippen LogP contribution in [0.3, 0.4) is 0 Å². The molecule has 0 aliphatic heterocycles. The zero-order chi connectivity index (χ0) is 35.4. The highest BCUT2D eigenvalue weighted by atomic mass is 35.5. The van der Waals surface area contributed by atoms with Gasteiger partial charge >= 0.3 is 0 Å². The van der Waals surface area contributed by atoms with Crippen molar-refractivity contribution >= 4 is 11.6 Å². The Bertz CT molecular complexity index is 563.